The molecule has 8 heteroatoms. The lowest BCUT2D eigenvalue weighted by Crippen LogP contribution is -2.52. The van der Waals surface area contributed by atoms with Gasteiger partial charge in [-0.3, -0.25) is 14.9 Å². The van der Waals surface area contributed by atoms with Gasteiger partial charge in [-0.15, -0.1) is 0 Å². The number of methoxy groups -OCH3 is 1. The number of nitro groups is 1. The third kappa shape index (κ3) is 3.53. The average molecular weight is 299 g/mol. The standard InChI is InChI=1S/C13H14FNO6/c1-19-4-5-20-13-10(16)7-12(13)21-11-6-8(14)2-3-9(11)15(17)18/h2-3,6,12-13H,4-5,7H2,1H3. The predicted octanol–water partition coefficient (Wildman–Crippen LogP) is 1.49. The molecule has 0 amide bonds. The minimum atomic E-state index is -0.803. The van der Waals surface area contributed by atoms with Gasteiger partial charge in [0.2, 0.25) is 0 Å². The summed E-state index contributed by atoms with van der Waals surface area (Å²) in [5.74, 6) is -1.02. The van der Waals surface area contributed by atoms with Crippen LogP contribution in [0.3, 0.4) is 0 Å². The van der Waals surface area contributed by atoms with Crippen LogP contribution in [0.25, 0.3) is 0 Å². The number of nitrogens with zero attached hydrogens (tertiary/aromatic N) is 1. The van der Waals surface area contributed by atoms with Crippen molar-refractivity contribution in [1.82, 2.24) is 0 Å². The molecule has 0 radical (unpaired) electrons. The van der Waals surface area contributed by atoms with Gasteiger partial charge >= 0.3 is 5.69 Å². The summed E-state index contributed by atoms with van der Waals surface area (Å²) in [4.78, 5) is 21.7. The maximum Gasteiger partial charge on any atom is 0.311 e. The van der Waals surface area contributed by atoms with E-state index in [2.05, 4.69) is 0 Å². The first-order valence-corrected chi connectivity index (χ1v) is 6.26. The number of hydrogen-bond acceptors (Lipinski definition) is 6. The van der Waals surface area contributed by atoms with Crippen LogP contribution in [0.2, 0.25) is 0 Å². The van der Waals surface area contributed by atoms with Crippen LogP contribution in [0.4, 0.5) is 10.1 Å². The fourth-order valence-electron chi connectivity index (χ4n) is 1.93. The van der Waals surface area contributed by atoms with Crippen molar-refractivity contribution in [3.63, 3.8) is 0 Å². The number of carbonyl (C=O) groups is 1. The Balaban J connectivity index is 2.06. The number of ether oxygens (including phenoxy) is 3. The van der Waals surface area contributed by atoms with E-state index in [1.165, 1.54) is 7.11 Å². The van der Waals surface area contributed by atoms with Crippen molar-refractivity contribution in [3.05, 3.63) is 34.1 Å². The zero-order chi connectivity index (χ0) is 15.4. The van der Waals surface area contributed by atoms with E-state index in [0.717, 1.165) is 18.2 Å². The molecule has 2 unspecified atom stereocenters. The Morgan fingerprint density at radius 3 is 2.81 bits per heavy atom. The molecule has 1 fully saturated rings. The number of Topliss-reactive ketones (excluding diaryl/α,β-unsaturated/α-hetero) is 1. The lowest BCUT2D eigenvalue weighted by molar-refractivity contribution is -0.386. The first-order chi connectivity index (χ1) is 10.0. The molecule has 21 heavy (non-hydrogen) atoms. The van der Waals surface area contributed by atoms with Crippen LogP contribution in [-0.2, 0) is 14.3 Å². The maximum absolute atomic E-state index is 13.2. The molecular weight excluding hydrogens is 285 g/mol. The molecule has 0 aliphatic heterocycles. The van der Waals surface area contributed by atoms with E-state index in [9.17, 15) is 19.3 Å². The molecule has 7 nitrogen and oxygen atoms in total. The quantitative estimate of drug-likeness (QED) is 0.430. The second-order valence-corrected chi connectivity index (χ2v) is 4.48. The van der Waals surface area contributed by atoms with Crippen molar-refractivity contribution in [2.75, 3.05) is 20.3 Å². The Labute approximate surface area is 119 Å². The van der Waals surface area contributed by atoms with Gasteiger partial charge in [-0.2, -0.15) is 0 Å². The third-order valence-electron chi connectivity index (χ3n) is 3.04. The Hall–Kier alpha value is -2.06. The topological polar surface area (TPSA) is 87.9 Å². The molecule has 1 saturated carbocycles. The highest BCUT2D eigenvalue weighted by molar-refractivity contribution is 5.90. The van der Waals surface area contributed by atoms with Crippen molar-refractivity contribution < 1.29 is 28.3 Å². The SMILES string of the molecule is COCCOC1C(=O)CC1Oc1cc(F)ccc1[N+](=O)[O-]. The van der Waals surface area contributed by atoms with Crippen molar-refractivity contribution >= 4 is 11.5 Å². The molecule has 1 aromatic carbocycles. The number of benzene rings is 1. The first-order valence-electron chi connectivity index (χ1n) is 6.26. The van der Waals surface area contributed by atoms with Crippen LogP contribution in [0, 0.1) is 15.9 Å². The van der Waals surface area contributed by atoms with E-state index in [4.69, 9.17) is 14.2 Å². The minimum absolute atomic E-state index is 0.0747. The molecule has 0 bridgehead atoms. The van der Waals surface area contributed by atoms with Gasteiger partial charge in [0.05, 0.1) is 18.1 Å². The van der Waals surface area contributed by atoms with Crippen molar-refractivity contribution in [1.29, 1.82) is 0 Å². The third-order valence-corrected chi connectivity index (χ3v) is 3.04. The molecule has 2 rings (SSSR count). The van der Waals surface area contributed by atoms with E-state index in [-0.39, 0.29) is 30.2 Å². The fourth-order valence-corrected chi connectivity index (χ4v) is 1.93. The molecule has 0 spiro atoms. The molecule has 0 N–H and O–H groups in total. The Morgan fingerprint density at radius 1 is 1.43 bits per heavy atom. The Kier molecular flexibility index (Phi) is 4.81. The van der Waals surface area contributed by atoms with Crippen LogP contribution >= 0.6 is 0 Å². The van der Waals surface area contributed by atoms with Gasteiger partial charge in [-0.05, 0) is 6.07 Å². The molecule has 1 aliphatic rings. The summed E-state index contributed by atoms with van der Waals surface area (Å²) in [7, 11) is 1.50. The number of carbonyl (C=O) groups excluding carboxylic acids is 1. The summed E-state index contributed by atoms with van der Waals surface area (Å²) < 4.78 is 28.6. The van der Waals surface area contributed by atoms with Crippen LogP contribution in [0.15, 0.2) is 18.2 Å². The molecular formula is C13H14FNO6. The minimum Gasteiger partial charge on any atom is -0.480 e. The zero-order valence-electron chi connectivity index (χ0n) is 11.3. The summed E-state index contributed by atoms with van der Waals surface area (Å²) in [5, 5.41) is 10.9. The Bertz CT molecular complexity index is 549. The number of halogens is 1. The van der Waals surface area contributed by atoms with Crippen LogP contribution in [-0.4, -0.2) is 43.2 Å². The first kappa shape index (κ1) is 15.3. The predicted molar refractivity (Wildman–Crippen MR) is 68.7 cm³/mol. The highest BCUT2D eigenvalue weighted by Gasteiger charge is 2.43. The van der Waals surface area contributed by atoms with E-state index < -0.39 is 22.9 Å². The van der Waals surface area contributed by atoms with E-state index >= 15 is 0 Å². The van der Waals surface area contributed by atoms with Crippen molar-refractivity contribution in [2.45, 2.75) is 18.6 Å². The summed E-state index contributed by atoms with van der Waals surface area (Å²) in [5.41, 5.74) is -0.355. The summed E-state index contributed by atoms with van der Waals surface area (Å²) >= 11 is 0. The summed E-state index contributed by atoms with van der Waals surface area (Å²) in [6, 6.07) is 2.92. The lowest BCUT2D eigenvalue weighted by Gasteiger charge is -2.34. The second-order valence-electron chi connectivity index (χ2n) is 4.48. The van der Waals surface area contributed by atoms with Gasteiger partial charge in [0.15, 0.2) is 17.6 Å². The van der Waals surface area contributed by atoms with Crippen LogP contribution < -0.4 is 4.74 Å². The second kappa shape index (κ2) is 6.59. The average Bonchev–Trinajstić information content (AvgIpc) is 2.43. The molecule has 0 saturated heterocycles. The van der Waals surface area contributed by atoms with E-state index in [0.29, 0.717) is 6.61 Å². The van der Waals surface area contributed by atoms with Gasteiger partial charge in [-0.25, -0.2) is 4.39 Å². The van der Waals surface area contributed by atoms with Crippen molar-refractivity contribution in [3.8, 4) is 5.75 Å². The van der Waals surface area contributed by atoms with Gasteiger partial charge in [0, 0.05) is 25.7 Å². The Morgan fingerprint density at radius 2 is 2.19 bits per heavy atom. The normalized spacial score (nSPS) is 21.0. The number of ketones is 1. The molecule has 0 aromatic heterocycles. The van der Waals surface area contributed by atoms with E-state index in [1.54, 1.807) is 0 Å². The highest BCUT2D eigenvalue weighted by atomic mass is 19.1. The summed E-state index contributed by atoms with van der Waals surface area (Å²) in [6.07, 6.45) is -1.39. The maximum atomic E-state index is 13.2. The summed E-state index contributed by atoms with van der Waals surface area (Å²) in [6.45, 7) is 0.522. The molecule has 1 aliphatic carbocycles. The molecule has 0 heterocycles. The van der Waals surface area contributed by atoms with Gasteiger partial charge in [-0.1, -0.05) is 0 Å². The van der Waals surface area contributed by atoms with Gasteiger partial charge in [0.1, 0.15) is 11.9 Å². The van der Waals surface area contributed by atoms with Crippen LogP contribution in [0.5, 0.6) is 5.75 Å². The highest BCUT2D eigenvalue weighted by Crippen LogP contribution is 2.32. The molecule has 114 valence electrons. The monoisotopic (exact) mass is 299 g/mol. The number of hydrogen-bond donors (Lipinski definition) is 0. The van der Waals surface area contributed by atoms with Crippen molar-refractivity contribution in [2.24, 2.45) is 0 Å². The van der Waals surface area contributed by atoms with E-state index in [1.807, 2.05) is 0 Å². The van der Waals surface area contributed by atoms with Gasteiger partial charge in [0.25, 0.3) is 0 Å². The largest absolute Gasteiger partial charge is 0.480 e. The van der Waals surface area contributed by atoms with Gasteiger partial charge < -0.3 is 14.2 Å². The lowest BCUT2D eigenvalue weighted by atomic mass is 9.90. The number of nitro benzene ring substituents is 1. The zero-order valence-corrected chi connectivity index (χ0v) is 11.3. The smallest absolute Gasteiger partial charge is 0.311 e. The number of rotatable bonds is 7. The molecule has 2 atom stereocenters. The molecule has 1 aromatic rings. The van der Waals surface area contributed by atoms with Crippen LogP contribution in [0.1, 0.15) is 6.42 Å². The fraction of sp³-hybridized carbons (Fsp3) is 0.462.